The molecule has 2 heterocycles. The lowest BCUT2D eigenvalue weighted by Gasteiger charge is -2.18. The molecule has 0 saturated heterocycles. The highest BCUT2D eigenvalue weighted by molar-refractivity contribution is 5.78. The van der Waals surface area contributed by atoms with Crippen molar-refractivity contribution < 1.29 is 22.7 Å². The van der Waals surface area contributed by atoms with Crippen LogP contribution in [0.1, 0.15) is 24.6 Å². The number of rotatable bonds is 7. The molecule has 1 amide bonds. The normalized spacial score (nSPS) is 12.7. The van der Waals surface area contributed by atoms with E-state index in [0.29, 0.717) is 17.6 Å². The summed E-state index contributed by atoms with van der Waals surface area (Å²) in [6, 6.07) is 11.2. The lowest BCUT2D eigenvalue weighted by atomic mass is 10.1. The van der Waals surface area contributed by atoms with Crippen molar-refractivity contribution in [3.63, 3.8) is 0 Å². The molecule has 0 spiro atoms. The maximum atomic E-state index is 13.4. The third kappa shape index (κ3) is 5.07. The number of nitrogens with zero attached hydrogens (tertiary/aromatic N) is 2. The van der Waals surface area contributed by atoms with Gasteiger partial charge in [-0.15, -0.1) is 0 Å². The standard InChI is InChI=1S/C21H22F3N3O2/c1-14(26-19(28)9-8-15-5-3-7-17(11-15)29-2)13-27-18(21(22,23)24)12-16-6-4-10-25-20(16)27/h3-7,10-12,14H,8-9,13H2,1-2H3,(H,26,28)/t14-/m1/s1. The van der Waals surface area contributed by atoms with Gasteiger partial charge in [-0.3, -0.25) is 4.79 Å². The number of halogens is 3. The number of hydrogen-bond donors (Lipinski definition) is 1. The second-order valence-corrected chi connectivity index (χ2v) is 6.87. The van der Waals surface area contributed by atoms with Crippen molar-refractivity contribution in [3.8, 4) is 5.75 Å². The maximum absolute atomic E-state index is 13.4. The van der Waals surface area contributed by atoms with Gasteiger partial charge in [0, 0.05) is 30.6 Å². The molecule has 0 unspecified atom stereocenters. The van der Waals surface area contributed by atoms with Crippen LogP contribution in [-0.4, -0.2) is 28.6 Å². The summed E-state index contributed by atoms with van der Waals surface area (Å²) < 4.78 is 46.5. The molecule has 0 saturated carbocycles. The minimum Gasteiger partial charge on any atom is -0.497 e. The SMILES string of the molecule is COc1cccc(CCC(=O)N[C@H](C)Cn2c(C(F)(F)F)cc3cccnc32)c1. The average Bonchev–Trinajstić information content (AvgIpc) is 3.05. The topological polar surface area (TPSA) is 56.1 Å². The molecular formula is C21H22F3N3O2. The molecule has 0 fully saturated rings. The van der Waals surface area contributed by atoms with E-state index in [9.17, 15) is 18.0 Å². The van der Waals surface area contributed by atoms with Crippen LogP contribution in [0.2, 0.25) is 0 Å². The summed E-state index contributed by atoms with van der Waals surface area (Å²) in [6.07, 6.45) is -2.31. The molecular weight excluding hydrogens is 383 g/mol. The van der Waals surface area contributed by atoms with Crippen LogP contribution in [0.4, 0.5) is 13.2 Å². The van der Waals surface area contributed by atoms with Gasteiger partial charge in [0.2, 0.25) is 5.91 Å². The van der Waals surface area contributed by atoms with E-state index in [1.54, 1.807) is 26.2 Å². The Balaban J connectivity index is 1.66. The quantitative estimate of drug-likeness (QED) is 0.641. The van der Waals surface area contributed by atoms with E-state index in [1.165, 1.54) is 6.20 Å². The summed E-state index contributed by atoms with van der Waals surface area (Å²) in [7, 11) is 1.57. The Morgan fingerprint density at radius 3 is 2.76 bits per heavy atom. The number of alkyl halides is 3. The van der Waals surface area contributed by atoms with Gasteiger partial charge in [0.1, 0.15) is 17.1 Å². The van der Waals surface area contributed by atoms with Crippen molar-refractivity contribution in [3.05, 3.63) is 59.9 Å². The minimum atomic E-state index is -4.50. The number of nitrogens with one attached hydrogen (secondary N) is 1. The number of carbonyl (C=O) groups excluding carboxylic acids is 1. The number of aromatic nitrogens is 2. The fourth-order valence-corrected chi connectivity index (χ4v) is 3.26. The summed E-state index contributed by atoms with van der Waals surface area (Å²) in [4.78, 5) is 16.3. The molecule has 29 heavy (non-hydrogen) atoms. The lowest BCUT2D eigenvalue weighted by Crippen LogP contribution is -2.36. The first-order valence-electron chi connectivity index (χ1n) is 9.21. The molecule has 3 aromatic rings. The van der Waals surface area contributed by atoms with Crippen LogP contribution in [0, 0.1) is 0 Å². The number of benzene rings is 1. The Kier molecular flexibility index (Phi) is 6.10. The largest absolute Gasteiger partial charge is 0.497 e. The third-order valence-corrected chi connectivity index (χ3v) is 4.58. The van der Waals surface area contributed by atoms with Crippen molar-refractivity contribution in [1.29, 1.82) is 0 Å². The second kappa shape index (κ2) is 8.55. The minimum absolute atomic E-state index is 0.0275. The van der Waals surface area contributed by atoms with E-state index in [0.717, 1.165) is 16.2 Å². The molecule has 1 aromatic carbocycles. The monoisotopic (exact) mass is 405 g/mol. The first kappa shape index (κ1) is 20.7. The predicted octanol–water partition coefficient (Wildman–Crippen LogP) is 4.20. The van der Waals surface area contributed by atoms with Crippen LogP contribution >= 0.6 is 0 Å². The third-order valence-electron chi connectivity index (χ3n) is 4.58. The average molecular weight is 405 g/mol. The van der Waals surface area contributed by atoms with Gasteiger partial charge in [-0.05, 0) is 49.2 Å². The molecule has 8 heteroatoms. The van der Waals surface area contributed by atoms with Gasteiger partial charge < -0.3 is 14.6 Å². The highest BCUT2D eigenvalue weighted by Gasteiger charge is 2.36. The van der Waals surface area contributed by atoms with Gasteiger partial charge in [-0.1, -0.05) is 12.1 Å². The molecule has 1 N–H and O–H groups in total. The van der Waals surface area contributed by atoms with Crippen molar-refractivity contribution in [2.75, 3.05) is 7.11 Å². The van der Waals surface area contributed by atoms with Crippen molar-refractivity contribution in [2.45, 2.75) is 38.5 Å². The van der Waals surface area contributed by atoms with Gasteiger partial charge in [0.05, 0.1) is 7.11 Å². The van der Waals surface area contributed by atoms with E-state index in [4.69, 9.17) is 4.74 Å². The number of pyridine rings is 1. The second-order valence-electron chi connectivity index (χ2n) is 6.87. The summed E-state index contributed by atoms with van der Waals surface area (Å²) in [6.45, 7) is 1.65. The van der Waals surface area contributed by atoms with Gasteiger partial charge in [-0.2, -0.15) is 13.2 Å². The van der Waals surface area contributed by atoms with E-state index in [1.807, 2.05) is 24.3 Å². The Morgan fingerprint density at radius 1 is 1.24 bits per heavy atom. The molecule has 0 bridgehead atoms. The lowest BCUT2D eigenvalue weighted by molar-refractivity contribution is -0.143. The molecule has 0 radical (unpaired) electrons. The number of amides is 1. The molecule has 5 nitrogen and oxygen atoms in total. The number of ether oxygens (including phenoxy) is 1. The Hall–Kier alpha value is -3.03. The van der Waals surface area contributed by atoms with Gasteiger partial charge >= 0.3 is 6.18 Å². The number of fused-ring (bicyclic) bond motifs is 1. The van der Waals surface area contributed by atoms with E-state index < -0.39 is 17.9 Å². The van der Waals surface area contributed by atoms with Crippen molar-refractivity contribution >= 4 is 16.9 Å². The Morgan fingerprint density at radius 2 is 2.03 bits per heavy atom. The Bertz CT molecular complexity index is 998. The Labute approximate surface area is 166 Å². The van der Waals surface area contributed by atoms with Crippen LogP contribution in [0.15, 0.2) is 48.7 Å². The van der Waals surface area contributed by atoms with E-state index >= 15 is 0 Å². The zero-order valence-corrected chi connectivity index (χ0v) is 16.2. The van der Waals surface area contributed by atoms with Crippen LogP contribution in [0.3, 0.4) is 0 Å². The molecule has 3 rings (SSSR count). The van der Waals surface area contributed by atoms with E-state index in [-0.39, 0.29) is 24.5 Å². The maximum Gasteiger partial charge on any atom is 0.431 e. The highest BCUT2D eigenvalue weighted by Crippen LogP contribution is 2.33. The van der Waals surface area contributed by atoms with Crippen molar-refractivity contribution in [1.82, 2.24) is 14.9 Å². The van der Waals surface area contributed by atoms with Gasteiger partial charge in [0.25, 0.3) is 0 Å². The highest BCUT2D eigenvalue weighted by atomic mass is 19.4. The number of methoxy groups -OCH3 is 1. The zero-order valence-electron chi connectivity index (χ0n) is 16.2. The first-order chi connectivity index (χ1) is 13.8. The molecule has 0 aliphatic rings. The summed E-state index contributed by atoms with van der Waals surface area (Å²) >= 11 is 0. The molecule has 1 atom stereocenters. The molecule has 154 valence electrons. The fraction of sp³-hybridized carbons (Fsp3) is 0.333. The summed E-state index contributed by atoms with van der Waals surface area (Å²) in [5.74, 6) is 0.487. The predicted molar refractivity (Wildman–Crippen MR) is 104 cm³/mol. The molecule has 2 aromatic heterocycles. The summed E-state index contributed by atoms with van der Waals surface area (Å²) in [5, 5.41) is 3.19. The van der Waals surface area contributed by atoms with E-state index in [2.05, 4.69) is 10.3 Å². The smallest absolute Gasteiger partial charge is 0.431 e. The fourth-order valence-electron chi connectivity index (χ4n) is 3.26. The summed E-state index contributed by atoms with van der Waals surface area (Å²) in [5.41, 5.74) is 0.424. The van der Waals surface area contributed by atoms with Crippen LogP contribution in [0.25, 0.3) is 11.0 Å². The van der Waals surface area contributed by atoms with Gasteiger partial charge in [0.15, 0.2) is 0 Å². The first-order valence-corrected chi connectivity index (χ1v) is 9.21. The van der Waals surface area contributed by atoms with Crippen LogP contribution in [-0.2, 0) is 23.9 Å². The molecule has 0 aliphatic heterocycles. The van der Waals surface area contributed by atoms with Crippen molar-refractivity contribution in [2.24, 2.45) is 0 Å². The number of hydrogen-bond acceptors (Lipinski definition) is 3. The van der Waals surface area contributed by atoms with Crippen LogP contribution in [0.5, 0.6) is 5.75 Å². The van der Waals surface area contributed by atoms with Gasteiger partial charge in [-0.25, -0.2) is 4.98 Å². The zero-order chi connectivity index (χ0) is 21.0. The van der Waals surface area contributed by atoms with Crippen LogP contribution < -0.4 is 10.1 Å². The number of carbonyl (C=O) groups is 1. The number of aryl methyl sites for hydroxylation is 1. The molecule has 0 aliphatic carbocycles.